The molecular weight excluding hydrogens is 339 g/mol. The number of esters is 1. The largest absolute Gasteiger partial charge is 0.426 e. The summed E-state index contributed by atoms with van der Waals surface area (Å²) in [5, 5.41) is 1.72. The second-order valence-corrected chi connectivity index (χ2v) is 5.91. The van der Waals surface area contributed by atoms with Gasteiger partial charge in [0.05, 0.1) is 24.7 Å². The first-order chi connectivity index (χ1) is 12.6. The maximum atomic E-state index is 13.5. The lowest BCUT2D eigenvalue weighted by molar-refractivity contribution is -0.143. The van der Waals surface area contributed by atoms with Crippen molar-refractivity contribution in [2.75, 3.05) is 7.11 Å². The van der Waals surface area contributed by atoms with E-state index in [1.54, 1.807) is 30.3 Å². The lowest BCUT2D eigenvalue weighted by Gasteiger charge is -2.20. The molecule has 0 radical (unpaired) electrons. The number of ether oxygens (including phenoxy) is 1. The first-order valence-electron chi connectivity index (χ1n) is 8.03. The zero-order valence-electron chi connectivity index (χ0n) is 13.9. The second-order valence-electron chi connectivity index (χ2n) is 5.91. The Balaban J connectivity index is 1.66. The molecule has 0 saturated heterocycles. The smallest absolute Gasteiger partial charge is 0.353 e. The summed E-state index contributed by atoms with van der Waals surface area (Å²) in [5.41, 5.74) is 1.12. The van der Waals surface area contributed by atoms with Gasteiger partial charge in [-0.15, -0.1) is 0 Å². The summed E-state index contributed by atoms with van der Waals surface area (Å²) in [4.78, 5) is 30.2. The van der Waals surface area contributed by atoms with Crippen molar-refractivity contribution in [1.82, 2.24) is 9.63 Å². The van der Waals surface area contributed by atoms with Crippen LogP contribution in [0.3, 0.4) is 0 Å². The number of nitrogens with zero attached hydrogens (tertiary/aromatic N) is 2. The van der Waals surface area contributed by atoms with Crippen LogP contribution >= 0.6 is 0 Å². The minimum atomic E-state index is -0.654. The van der Waals surface area contributed by atoms with Gasteiger partial charge in [0.15, 0.2) is 0 Å². The van der Waals surface area contributed by atoms with E-state index in [0.29, 0.717) is 22.3 Å². The van der Waals surface area contributed by atoms with Gasteiger partial charge in [0.25, 0.3) is 0 Å². The van der Waals surface area contributed by atoms with Gasteiger partial charge in [0, 0.05) is 5.39 Å². The molecule has 0 aliphatic carbocycles. The highest BCUT2D eigenvalue weighted by atomic mass is 19.1. The average molecular weight is 354 g/mol. The summed E-state index contributed by atoms with van der Waals surface area (Å²) >= 11 is 0. The molecular formula is C19H15FN2O4. The Labute approximate surface area is 148 Å². The number of aromatic nitrogens is 1. The number of rotatable bonds is 4. The second kappa shape index (κ2) is 6.27. The van der Waals surface area contributed by atoms with Crippen LogP contribution in [0.2, 0.25) is 0 Å². The topological polar surface area (TPSA) is 60.8 Å². The van der Waals surface area contributed by atoms with Crippen molar-refractivity contribution in [1.29, 1.82) is 0 Å². The first kappa shape index (κ1) is 16.3. The first-order valence-corrected chi connectivity index (χ1v) is 8.03. The average Bonchev–Trinajstić information content (AvgIpc) is 3.11. The summed E-state index contributed by atoms with van der Waals surface area (Å²) in [5.74, 6) is -0.466. The van der Waals surface area contributed by atoms with Gasteiger partial charge in [0.2, 0.25) is 0 Å². The van der Waals surface area contributed by atoms with Crippen molar-refractivity contribution in [2.45, 2.75) is 12.5 Å². The number of amides is 1. The molecule has 3 aromatic rings. The summed E-state index contributed by atoms with van der Waals surface area (Å²) in [6.07, 6.45) is -0.0900. The van der Waals surface area contributed by atoms with Crippen LogP contribution in [0.4, 0.5) is 9.18 Å². The number of halogens is 1. The van der Waals surface area contributed by atoms with Crippen molar-refractivity contribution in [3.05, 3.63) is 66.1 Å². The van der Waals surface area contributed by atoms with E-state index < -0.39 is 23.9 Å². The minimum absolute atomic E-state index is 0.0900. The molecule has 1 aliphatic heterocycles. The van der Waals surface area contributed by atoms with Crippen LogP contribution in [0.25, 0.3) is 10.9 Å². The highest BCUT2D eigenvalue weighted by Gasteiger charge is 2.40. The van der Waals surface area contributed by atoms with E-state index in [0.717, 1.165) is 5.06 Å². The Morgan fingerprint density at radius 1 is 1.15 bits per heavy atom. The molecule has 0 saturated carbocycles. The van der Waals surface area contributed by atoms with Crippen molar-refractivity contribution >= 4 is 22.9 Å². The third-order valence-electron chi connectivity index (χ3n) is 4.33. The van der Waals surface area contributed by atoms with Crippen molar-refractivity contribution in [2.24, 2.45) is 0 Å². The van der Waals surface area contributed by atoms with Crippen molar-refractivity contribution in [3.8, 4) is 5.75 Å². The Morgan fingerprint density at radius 2 is 1.92 bits per heavy atom. The van der Waals surface area contributed by atoms with Gasteiger partial charge in [-0.05, 0) is 36.4 Å². The monoisotopic (exact) mass is 354 g/mol. The normalized spacial score (nSPS) is 16.2. The summed E-state index contributed by atoms with van der Waals surface area (Å²) in [7, 11) is 1.36. The Kier molecular flexibility index (Phi) is 3.93. The number of benzene rings is 2. The summed E-state index contributed by atoms with van der Waals surface area (Å²) in [6, 6.07) is 13.5. The van der Waals surface area contributed by atoms with Crippen LogP contribution in [-0.4, -0.2) is 28.7 Å². The zero-order chi connectivity index (χ0) is 18.3. The molecule has 132 valence electrons. The lowest BCUT2D eigenvalue weighted by atomic mass is 10.1. The number of hydroxylamine groups is 2. The Morgan fingerprint density at radius 3 is 2.65 bits per heavy atom. The van der Waals surface area contributed by atoms with Gasteiger partial charge in [-0.25, -0.2) is 9.18 Å². The van der Waals surface area contributed by atoms with Crippen molar-refractivity contribution < 1.29 is 23.6 Å². The summed E-state index contributed by atoms with van der Waals surface area (Å²) < 4.78 is 20.2. The SMILES string of the molecule is CON1C(=O)n2c(cc3cc(F)ccc32)C1CC(=O)Oc1ccccc1. The van der Waals surface area contributed by atoms with Gasteiger partial charge in [0.1, 0.15) is 17.6 Å². The molecule has 0 fully saturated rings. The van der Waals surface area contributed by atoms with Crippen molar-refractivity contribution in [3.63, 3.8) is 0 Å². The maximum Gasteiger partial charge on any atom is 0.353 e. The lowest BCUT2D eigenvalue weighted by Crippen LogP contribution is -2.30. The molecule has 4 rings (SSSR count). The molecule has 26 heavy (non-hydrogen) atoms. The maximum absolute atomic E-state index is 13.5. The summed E-state index contributed by atoms with van der Waals surface area (Å²) in [6.45, 7) is 0. The highest BCUT2D eigenvalue weighted by molar-refractivity contribution is 5.95. The van der Waals surface area contributed by atoms with E-state index in [4.69, 9.17) is 9.57 Å². The van der Waals surface area contributed by atoms with E-state index >= 15 is 0 Å². The number of carbonyl (C=O) groups excluding carboxylic acids is 2. The predicted octanol–water partition coefficient (Wildman–Crippen LogP) is 3.66. The van der Waals surface area contributed by atoms with Crippen LogP contribution in [0.15, 0.2) is 54.6 Å². The van der Waals surface area contributed by atoms with E-state index in [-0.39, 0.29) is 6.42 Å². The fourth-order valence-electron chi connectivity index (χ4n) is 3.23. The molecule has 1 atom stereocenters. The molecule has 2 heterocycles. The van der Waals surface area contributed by atoms with Crippen LogP contribution in [0.5, 0.6) is 5.75 Å². The van der Waals surface area contributed by atoms with Crippen LogP contribution in [-0.2, 0) is 9.63 Å². The fraction of sp³-hybridized carbons (Fsp3) is 0.158. The minimum Gasteiger partial charge on any atom is -0.426 e. The predicted molar refractivity (Wildman–Crippen MR) is 91.0 cm³/mol. The molecule has 0 bridgehead atoms. The number of para-hydroxylation sites is 1. The Hall–Kier alpha value is -3.19. The molecule has 1 aromatic heterocycles. The number of fused-ring (bicyclic) bond motifs is 3. The van der Waals surface area contributed by atoms with Gasteiger partial charge >= 0.3 is 12.0 Å². The van der Waals surface area contributed by atoms with Crippen LogP contribution in [0, 0.1) is 5.82 Å². The molecule has 1 aliphatic rings. The van der Waals surface area contributed by atoms with E-state index in [1.807, 2.05) is 6.07 Å². The van der Waals surface area contributed by atoms with Gasteiger partial charge in [-0.1, -0.05) is 18.2 Å². The Bertz CT molecular complexity index is 999. The van der Waals surface area contributed by atoms with Crippen LogP contribution in [0.1, 0.15) is 18.2 Å². The zero-order valence-corrected chi connectivity index (χ0v) is 13.9. The van der Waals surface area contributed by atoms with E-state index in [2.05, 4.69) is 0 Å². The fourth-order valence-corrected chi connectivity index (χ4v) is 3.23. The van der Waals surface area contributed by atoms with Gasteiger partial charge < -0.3 is 4.74 Å². The molecule has 7 heteroatoms. The van der Waals surface area contributed by atoms with E-state index in [1.165, 1.54) is 29.9 Å². The number of hydrogen-bond acceptors (Lipinski definition) is 4. The third kappa shape index (κ3) is 2.62. The number of carbonyl (C=O) groups is 2. The van der Waals surface area contributed by atoms with Crippen LogP contribution < -0.4 is 4.74 Å². The highest BCUT2D eigenvalue weighted by Crippen LogP contribution is 2.37. The number of hydrogen-bond donors (Lipinski definition) is 0. The molecule has 0 spiro atoms. The molecule has 2 aromatic carbocycles. The third-order valence-corrected chi connectivity index (χ3v) is 4.33. The molecule has 6 nitrogen and oxygen atoms in total. The van der Waals surface area contributed by atoms with Gasteiger partial charge in [-0.3, -0.25) is 14.2 Å². The van der Waals surface area contributed by atoms with Gasteiger partial charge in [-0.2, -0.15) is 5.06 Å². The quantitative estimate of drug-likeness (QED) is 0.530. The molecule has 1 amide bonds. The molecule has 0 N–H and O–H groups in total. The van der Waals surface area contributed by atoms with E-state index in [9.17, 15) is 14.0 Å². The standard InChI is InChI=1S/C19H15FN2O4/c1-25-22-17(11-18(23)26-14-5-3-2-4-6-14)16-10-12-9-13(20)7-8-15(12)21(16)19(22)24/h2-10,17H,11H2,1H3. The molecule has 1 unspecified atom stereocenters.